The van der Waals surface area contributed by atoms with Crippen LogP contribution in [0.4, 0.5) is 18.9 Å². The Balaban J connectivity index is 3.59. The van der Waals surface area contributed by atoms with Crippen LogP contribution < -0.4 is 0 Å². The van der Waals surface area contributed by atoms with E-state index < -0.39 is 34.3 Å². The lowest BCUT2D eigenvalue weighted by Crippen LogP contribution is -2.09. The number of nitro groups is 1. The van der Waals surface area contributed by atoms with E-state index in [0.29, 0.717) is 12.1 Å². The molecule has 0 N–H and O–H groups in total. The van der Waals surface area contributed by atoms with Gasteiger partial charge in [-0.2, -0.15) is 18.4 Å². The van der Waals surface area contributed by atoms with E-state index in [4.69, 9.17) is 5.26 Å². The average molecular weight is 258 g/mol. The number of benzene rings is 1. The van der Waals surface area contributed by atoms with Crippen LogP contribution in [0.1, 0.15) is 21.5 Å². The van der Waals surface area contributed by atoms with Crippen LogP contribution in [0.15, 0.2) is 12.1 Å². The second kappa shape index (κ2) is 4.83. The van der Waals surface area contributed by atoms with Crippen molar-refractivity contribution in [2.75, 3.05) is 0 Å². The van der Waals surface area contributed by atoms with Crippen molar-refractivity contribution >= 4 is 12.0 Å². The largest absolute Gasteiger partial charge is 0.416 e. The van der Waals surface area contributed by atoms with Gasteiger partial charge >= 0.3 is 6.18 Å². The molecule has 0 saturated heterocycles. The molecule has 0 heterocycles. The van der Waals surface area contributed by atoms with Gasteiger partial charge in [-0.25, -0.2) is 0 Å². The van der Waals surface area contributed by atoms with Gasteiger partial charge in [0.05, 0.1) is 28.5 Å². The lowest BCUT2D eigenvalue weighted by molar-refractivity contribution is -0.385. The minimum atomic E-state index is -4.80. The number of aldehydes is 1. The number of alkyl halides is 3. The molecular weight excluding hydrogens is 253 g/mol. The molecule has 0 radical (unpaired) electrons. The van der Waals surface area contributed by atoms with E-state index in [1.165, 1.54) is 0 Å². The van der Waals surface area contributed by atoms with Gasteiger partial charge in [0.1, 0.15) is 0 Å². The third-order valence-corrected chi connectivity index (χ3v) is 2.17. The standard InChI is InChI=1S/C10H5F3N2O3/c11-10(12,13)7-3-6(5-16)8(1-2-14)9(4-7)15(17)18/h3-5H,1H2. The molecule has 0 aromatic heterocycles. The summed E-state index contributed by atoms with van der Waals surface area (Å²) in [5, 5.41) is 19.1. The SMILES string of the molecule is N#CCc1c(C=O)cc(C(F)(F)F)cc1[N+](=O)[O-]. The number of nitro benzene ring substituents is 1. The fourth-order valence-corrected chi connectivity index (χ4v) is 1.38. The molecule has 0 bridgehead atoms. The van der Waals surface area contributed by atoms with E-state index in [2.05, 4.69) is 0 Å². The van der Waals surface area contributed by atoms with Crippen LogP contribution in [0.2, 0.25) is 0 Å². The fourth-order valence-electron chi connectivity index (χ4n) is 1.38. The Bertz CT molecular complexity index is 547. The maximum absolute atomic E-state index is 12.5. The second-order valence-electron chi connectivity index (χ2n) is 3.27. The second-order valence-corrected chi connectivity index (χ2v) is 3.27. The van der Waals surface area contributed by atoms with Crippen LogP contribution in [0.5, 0.6) is 0 Å². The average Bonchev–Trinajstić information content (AvgIpc) is 2.27. The summed E-state index contributed by atoms with van der Waals surface area (Å²) in [6, 6.07) is 2.38. The van der Waals surface area contributed by atoms with Crippen LogP contribution in [0.3, 0.4) is 0 Å². The van der Waals surface area contributed by atoms with Crippen LogP contribution in [-0.4, -0.2) is 11.2 Å². The molecule has 0 aliphatic rings. The quantitative estimate of drug-likeness (QED) is 0.473. The van der Waals surface area contributed by atoms with Gasteiger partial charge in [0, 0.05) is 11.6 Å². The minimum absolute atomic E-state index is 0.0644. The number of nitriles is 1. The van der Waals surface area contributed by atoms with Crippen LogP contribution in [0.25, 0.3) is 0 Å². The van der Waals surface area contributed by atoms with Crippen molar-refractivity contribution in [1.29, 1.82) is 5.26 Å². The third-order valence-electron chi connectivity index (χ3n) is 2.17. The molecule has 0 aliphatic carbocycles. The van der Waals surface area contributed by atoms with Crippen molar-refractivity contribution in [2.24, 2.45) is 0 Å². The van der Waals surface area contributed by atoms with Gasteiger partial charge in [0.25, 0.3) is 5.69 Å². The van der Waals surface area contributed by atoms with E-state index in [0.717, 1.165) is 0 Å². The fraction of sp³-hybridized carbons (Fsp3) is 0.200. The Kier molecular flexibility index (Phi) is 3.66. The molecule has 5 nitrogen and oxygen atoms in total. The van der Waals surface area contributed by atoms with Crippen molar-refractivity contribution in [1.82, 2.24) is 0 Å². The predicted molar refractivity (Wildman–Crippen MR) is 52.8 cm³/mol. The highest BCUT2D eigenvalue weighted by atomic mass is 19.4. The highest BCUT2D eigenvalue weighted by Gasteiger charge is 2.34. The zero-order chi connectivity index (χ0) is 13.9. The summed E-state index contributed by atoms with van der Waals surface area (Å²) >= 11 is 0. The first-order valence-electron chi connectivity index (χ1n) is 4.52. The van der Waals surface area contributed by atoms with Crippen molar-refractivity contribution in [3.63, 3.8) is 0 Å². The third kappa shape index (κ3) is 2.63. The van der Waals surface area contributed by atoms with E-state index in [1.807, 2.05) is 0 Å². The molecule has 1 rings (SSSR count). The van der Waals surface area contributed by atoms with Gasteiger partial charge in [-0.1, -0.05) is 0 Å². The molecular formula is C10H5F3N2O3. The first kappa shape index (κ1) is 13.6. The van der Waals surface area contributed by atoms with Crippen LogP contribution in [0, 0.1) is 21.4 Å². The smallest absolute Gasteiger partial charge is 0.298 e. The highest BCUT2D eigenvalue weighted by molar-refractivity contribution is 5.80. The number of nitrogens with zero attached hydrogens (tertiary/aromatic N) is 2. The highest BCUT2D eigenvalue weighted by Crippen LogP contribution is 2.34. The molecule has 0 aliphatic heterocycles. The van der Waals surface area contributed by atoms with E-state index in [1.54, 1.807) is 6.07 Å². The van der Waals surface area contributed by atoms with Crippen molar-refractivity contribution in [3.8, 4) is 6.07 Å². The number of carbonyl (C=O) groups is 1. The first-order valence-corrected chi connectivity index (χ1v) is 4.52. The number of hydrogen-bond donors (Lipinski definition) is 0. The van der Waals surface area contributed by atoms with Gasteiger partial charge < -0.3 is 0 Å². The minimum Gasteiger partial charge on any atom is -0.298 e. The Morgan fingerprint density at radius 2 is 2.06 bits per heavy atom. The van der Waals surface area contributed by atoms with E-state index in [-0.39, 0.29) is 11.8 Å². The zero-order valence-corrected chi connectivity index (χ0v) is 8.69. The molecule has 0 amide bonds. The molecule has 8 heteroatoms. The summed E-state index contributed by atoms with van der Waals surface area (Å²) in [4.78, 5) is 20.3. The van der Waals surface area contributed by atoms with Crippen molar-refractivity contribution in [2.45, 2.75) is 12.6 Å². The molecule has 94 valence electrons. The van der Waals surface area contributed by atoms with Gasteiger partial charge in [-0.05, 0) is 6.07 Å². The normalized spacial score (nSPS) is 10.8. The van der Waals surface area contributed by atoms with Crippen molar-refractivity contribution in [3.05, 3.63) is 38.9 Å². The zero-order valence-electron chi connectivity index (χ0n) is 8.69. The first-order chi connectivity index (χ1) is 8.31. The summed E-state index contributed by atoms with van der Waals surface area (Å²) in [6.45, 7) is 0. The summed E-state index contributed by atoms with van der Waals surface area (Å²) in [6.07, 6.45) is -5.24. The van der Waals surface area contributed by atoms with E-state index in [9.17, 15) is 28.1 Å². The Morgan fingerprint density at radius 1 is 1.44 bits per heavy atom. The van der Waals surface area contributed by atoms with Gasteiger partial charge in [0.15, 0.2) is 6.29 Å². The molecule has 0 spiro atoms. The summed E-state index contributed by atoms with van der Waals surface area (Å²) in [5.41, 5.74) is -2.99. The van der Waals surface area contributed by atoms with Crippen LogP contribution >= 0.6 is 0 Å². The molecule has 18 heavy (non-hydrogen) atoms. The Morgan fingerprint density at radius 3 is 2.44 bits per heavy atom. The predicted octanol–water partition coefficient (Wildman–Crippen LogP) is 2.49. The maximum atomic E-state index is 12.5. The number of rotatable bonds is 3. The lowest BCUT2D eigenvalue weighted by Gasteiger charge is -2.09. The number of carbonyl (C=O) groups excluding carboxylic acids is 1. The summed E-state index contributed by atoms with van der Waals surface area (Å²) in [5.74, 6) is 0. The molecule has 0 unspecified atom stereocenters. The van der Waals surface area contributed by atoms with Gasteiger partial charge in [0.2, 0.25) is 0 Å². The van der Waals surface area contributed by atoms with Crippen molar-refractivity contribution < 1.29 is 22.9 Å². The summed E-state index contributed by atoms with van der Waals surface area (Å²) in [7, 11) is 0. The molecule has 1 aromatic rings. The molecule has 1 aromatic carbocycles. The molecule has 0 saturated carbocycles. The topological polar surface area (TPSA) is 84.0 Å². The molecule has 0 fully saturated rings. The van der Waals surface area contributed by atoms with Gasteiger partial charge in [-0.3, -0.25) is 14.9 Å². The van der Waals surface area contributed by atoms with Gasteiger partial charge in [-0.15, -0.1) is 0 Å². The Labute approximate surface area is 98.6 Å². The van der Waals surface area contributed by atoms with E-state index >= 15 is 0 Å². The number of hydrogen-bond acceptors (Lipinski definition) is 4. The molecule has 0 atom stereocenters. The number of halogens is 3. The van der Waals surface area contributed by atoms with Crippen LogP contribution in [-0.2, 0) is 12.6 Å². The lowest BCUT2D eigenvalue weighted by atomic mass is 10.00. The maximum Gasteiger partial charge on any atom is 0.416 e. The summed E-state index contributed by atoms with van der Waals surface area (Å²) < 4.78 is 37.4. The monoisotopic (exact) mass is 258 g/mol. The Hall–Kier alpha value is -2.43.